The van der Waals surface area contributed by atoms with Gasteiger partial charge in [-0.1, -0.05) is 33.1 Å². The number of amides is 2. The van der Waals surface area contributed by atoms with Crippen molar-refractivity contribution in [3.8, 4) is 0 Å². The van der Waals surface area contributed by atoms with Crippen molar-refractivity contribution in [2.24, 2.45) is 5.41 Å². The minimum absolute atomic E-state index is 0.0195. The molecule has 1 fully saturated rings. The Hall–Kier alpha value is -1.47. The summed E-state index contributed by atoms with van der Waals surface area (Å²) in [5.41, 5.74) is -0.966. The Morgan fingerprint density at radius 2 is 1.78 bits per heavy atom. The van der Waals surface area contributed by atoms with Crippen molar-refractivity contribution >= 4 is 17.6 Å². The van der Waals surface area contributed by atoms with Crippen LogP contribution < -0.4 is 10.6 Å². The molecule has 7 nitrogen and oxygen atoms in total. The van der Waals surface area contributed by atoms with Gasteiger partial charge in [-0.05, 0) is 12.8 Å². The summed E-state index contributed by atoms with van der Waals surface area (Å²) in [5.74, 6) is -1.85. The quantitative estimate of drug-likeness (QED) is 0.464. The summed E-state index contributed by atoms with van der Waals surface area (Å²) in [4.78, 5) is 35.3. The minimum atomic E-state index is -1.38. The van der Waals surface area contributed by atoms with Crippen molar-refractivity contribution in [1.82, 2.24) is 10.6 Å². The van der Waals surface area contributed by atoms with Gasteiger partial charge in [0.15, 0.2) is 0 Å². The van der Waals surface area contributed by atoms with Gasteiger partial charge in [0.2, 0.25) is 11.7 Å². The lowest BCUT2D eigenvalue weighted by molar-refractivity contribution is -0.139. The fourth-order valence-electron chi connectivity index (χ4n) is 2.46. The smallest absolute Gasteiger partial charge is 0.287 e. The number of carbonyl (C=O) groups is 3. The average molecular weight is 328 g/mol. The molecule has 1 aliphatic rings. The van der Waals surface area contributed by atoms with E-state index in [0.29, 0.717) is 0 Å². The lowest BCUT2D eigenvalue weighted by atomic mass is 9.87. The van der Waals surface area contributed by atoms with Crippen LogP contribution in [0, 0.1) is 5.41 Å². The van der Waals surface area contributed by atoms with E-state index in [2.05, 4.69) is 10.6 Å². The largest absolute Gasteiger partial charge is 0.396 e. The molecule has 0 aromatic rings. The second kappa shape index (κ2) is 8.98. The molecule has 1 unspecified atom stereocenters. The maximum Gasteiger partial charge on any atom is 0.287 e. The normalized spacial score (nSPS) is 17.4. The first kappa shape index (κ1) is 19.6. The van der Waals surface area contributed by atoms with Gasteiger partial charge in [-0.3, -0.25) is 14.4 Å². The molecule has 0 heterocycles. The molecule has 0 radical (unpaired) electrons. The average Bonchev–Trinajstić information content (AvgIpc) is 2.54. The van der Waals surface area contributed by atoms with Gasteiger partial charge in [0.25, 0.3) is 5.91 Å². The Kier molecular flexibility index (Phi) is 7.64. The minimum Gasteiger partial charge on any atom is -0.396 e. The summed E-state index contributed by atoms with van der Waals surface area (Å²) in [7, 11) is 0. The molecule has 0 aromatic heterocycles. The van der Waals surface area contributed by atoms with Crippen LogP contribution in [0.4, 0.5) is 0 Å². The topological polar surface area (TPSA) is 116 Å². The Morgan fingerprint density at radius 1 is 1.17 bits per heavy atom. The fraction of sp³-hybridized carbons (Fsp3) is 0.812. The molecule has 0 bridgehead atoms. The number of Topliss-reactive ketones (excluding diaryl/α,β-unsaturated/α-hetero) is 1. The predicted octanol–water partition coefficient (Wildman–Crippen LogP) is -0.110. The summed E-state index contributed by atoms with van der Waals surface area (Å²) in [6, 6.07) is 0.0713. The zero-order valence-corrected chi connectivity index (χ0v) is 13.9. The predicted molar refractivity (Wildman–Crippen MR) is 84.5 cm³/mol. The zero-order chi connectivity index (χ0) is 17.5. The molecular formula is C16H28N2O5. The van der Waals surface area contributed by atoms with Crippen LogP contribution in [-0.4, -0.2) is 53.1 Å². The van der Waals surface area contributed by atoms with Crippen LogP contribution >= 0.6 is 0 Å². The second-order valence-electron chi connectivity index (χ2n) is 6.82. The molecule has 0 aromatic carbocycles. The molecule has 1 saturated carbocycles. The van der Waals surface area contributed by atoms with E-state index in [9.17, 15) is 19.5 Å². The van der Waals surface area contributed by atoms with E-state index < -0.39 is 29.1 Å². The highest BCUT2D eigenvalue weighted by molar-refractivity contribution is 6.36. The van der Waals surface area contributed by atoms with Crippen LogP contribution in [-0.2, 0) is 14.4 Å². The van der Waals surface area contributed by atoms with Gasteiger partial charge in [0.1, 0.15) is 6.10 Å². The van der Waals surface area contributed by atoms with Crippen LogP contribution in [0.5, 0.6) is 0 Å². The van der Waals surface area contributed by atoms with Crippen molar-refractivity contribution in [3.05, 3.63) is 0 Å². The number of aliphatic hydroxyl groups is 2. The van der Waals surface area contributed by atoms with E-state index in [-0.39, 0.29) is 25.6 Å². The first-order valence-corrected chi connectivity index (χ1v) is 8.18. The number of ketones is 1. The number of rotatable bonds is 8. The summed E-state index contributed by atoms with van der Waals surface area (Å²) in [6.45, 7) is 2.75. The highest BCUT2D eigenvalue weighted by Crippen LogP contribution is 2.19. The lowest BCUT2D eigenvalue weighted by Gasteiger charge is -2.27. The van der Waals surface area contributed by atoms with Gasteiger partial charge >= 0.3 is 0 Å². The molecule has 132 valence electrons. The Balaban J connectivity index is 2.30. The molecule has 1 atom stereocenters. The molecule has 23 heavy (non-hydrogen) atoms. The number of hydrogen-bond acceptors (Lipinski definition) is 5. The molecule has 2 amide bonds. The van der Waals surface area contributed by atoms with Crippen molar-refractivity contribution in [2.45, 2.75) is 64.5 Å². The molecule has 7 heteroatoms. The lowest BCUT2D eigenvalue weighted by Crippen LogP contribution is -2.46. The van der Waals surface area contributed by atoms with E-state index in [4.69, 9.17) is 5.11 Å². The van der Waals surface area contributed by atoms with Crippen molar-refractivity contribution in [1.29, 1.82) is 0 Å². The van der Waals surface area contributed by atoms with Crippen molar-refractivity contribution in [2.75, 3.05) is 13.2 Å². The maximum absolute atomic E-state index is 11.8. The SMILES string of the molecule is CC(C)(CO)C(O)C(=O)NCCC(=O)C(=O)NC1CCCCC1. The molecule has 0 saturated heterocycles. The molecule has 0 aliphatic heterocycles. The van der Waals surface area contributed by atoms with E-state index in [1.54, 1.807) is 13.8 Å². The monoisotopic (exact) mass is 328 g/mol. The van der Waals surface area contributed by atoms with Gasteiger partial charge in [0.05, 0.1) is 6.61 Å². The second-order valence-corrected chi connectivity index (χ2v) is 6.82. The highest BCUT2D eigenvalue weighted by atomic mass is 16.3. The summed E-state index contributed by atoms with van der Waals surface area (Å²) < 4.78 is 0. The third-order valence-electron chi connectivity index (χ3n) is 4.24. The molecular weight excluding hydrogens is 300 g/mol. The van der Waals surface area contributed by atoms with E-state index in [0.717, 1.165) is 25.7 Å². The van der Waals surface area contributed by atoms with E-state index >= 15 is 0 Å². The van der Waals surface area contributed by atoms with E-state index in [1.165, 1.54) is 6.42 Å². The first-order valence-electron chi connectivity index (χ1n) is 8.18. The zero-order valence-electron chi connectivity index (χ0n) is 13.9. The third-order valence-corrected chi connectivity index (χ3v) is 4.24. The standard InChI is InChI=1S/C16H28N2O5/c1-16(2,10-19)13(21)15(23)17-9-8-12(20)14(22)18-11-6-4-3-5-7-11/h11,13,19,21H,3-10H2,1-2H3,(H,17,23)(H,18,22). The van der Waals surface area contributed by atoms with Crippen molar-refractivity contribution < 1.29 is 24.6 Å². The van der Waals surface area contributed by atoms with Crippen LogP contribution in [0.3, 0.4) is 0 Å². The Morgan fingerprint density at radius 3 is 2.35 bits per heavy atom. The number of carbonyl (C=O) groups excluding carboxylic acids is 3. The summed E-state index contributed by atoms with van der Waals surface area (Å²) >= 11 is 0. The number of hydrogen-bond donors (Lipinski definition) is 4. The van der Waals surface area contributed by atoms with Gasteiger partial charge in [-0.15, -0.1) is 0 Å². The van der Waals surface area contributed by atoms with Crippen LogP contribution in [0.25, 0.3) is 0 Å². The van der Waals surface area contributed by atoms with Crippen LogP contribution in [0.15, 0.2) is 0 Å². The van der Waals surface area contributed by atoms with Crippen LogP contribution in [0.1, 0.15) is 52.4 Å². The molecule has 4 N–H and O–H groups in total. The molecule has 1 rings (SSSR count). The highest BCUT2D eigenvalue weighted by Gasteiger charge is 2.32. The Bertz CT molecular complexity index is 430. The molecule has 0 spiro atoms. The molecule has 1 aliphatic carbocycles. The maximum atomic E-state index is 11.8. The fourth-order valence-corrected chi connectivity index (χ4v) is 2.46. The Labute approximate surface area is 136 Å². The van der Waals surface area contributed by atoms with Gasteiger partial charge < -0.3 is 20.8 Å². The first-order chi connectivity index (χ1) is 10.8. The number of nitrogens with one attached hydrogen (secondary N) is 2. The van der Waals surface area contributed by atoms with Gasteiger partial charge in [0, 0.05) is 24.4 Å². The third kappa shape index (κ3) is 6.27. The number of aliphatic hydroxyl groups excluding tert-OH is 2. The van der Waals surface area contributed by atoms with E-state index in [1.807, 2.05) is 0 Å². The van der Waals surface area contributed by atoms with Gasteiger partial charge in [-0.2, -0.15) is 0 Å². The summed E-state index contributed by atoms with van der Waals surface area (Å²) in [6.07, 6.45) is 3.60. The van der Waals surface area contributed by atoms with Crippen molar-refractivity contribution in [3.63, 3.8) is 0 Å². The van der Waals surface area contributed by atoms with Crippen LogP contribution in [0.2, 0.25) is 0 Å². The summed E-state index contributed by atoms with van der Waals surface area (Å²) in [5, 5.41) is 24.0. The van der Waals surface area contributed by atoms with Gasteiger partial charge in [-0.25, -0.2) is 0 Å².